The first-order chi connectivity index (χ1) is 9.63. The smallest absolute Gasteiger partial charge is 0.128 e. The van der Waals surface area contributed by atoms with Gasteiger partial charge in [-0.25, -0.2) is 0 Å². The Morgan fingerprint density at radius 1 is 1.25 bits per heavy atom. The van der Waals surface area contributed by atoms with Crippen LogP contribution < -0.4 is 9.47 Å². The van der Waals surface area contributed by atoms with Crippen LogP contribution >= 0.6 is 11.6 Å². The van der Waals surface area contributed by atoms with Gasteiger partial charge in [0.1, 0.15) is 11.5 Å². The largest absolute Gasteiger partial charge is 0.497 e. The van der Waals surface area contributed by atoms with Gasteiger partial charge in [0.15, 0.2) is 0 Å². The highest BCUT2D eigenvalue weighted by Gasteiger charge is 2.18. The summed E-state index contributed by atoms with van der Waals surface area (Å²) in [6, 6.07) is 3.67. The van der Waals surface area contributed by atoms with E-state index in [1.165, 1.54) is 0 Å². The highest BCUT2D eigenvalue weighted by atomic mass is 35.5. The summed E-state index contributed by atoms with van der Waals surface area (Å²) in [4.78, 5) is 2.31. The molecule has 4 nitrogen and oxygen atoms in total. The molecular formula is C15H22ClNO3. The van der Waals surface area contributed by atoms with Crippen molar-refractivity contribution >= 4 is 11.6 Å². The Balaban J connectivity index is 2.15. The van der Waals surface area contributed by atoms with E-state index < -0.39 is 0 Å². The molecule has 0 radical (unpaired) electrons. The van der Waals surface area contributed by atoms with Gasteiger partial charge >= 0.3 is 0 Å². The molecule has 0 saturated carbocycles. The van der Waals surface area contributed by atoms with Crippen LogP contribution in [0.1, 0.15) is 24.8 Å². The second kappa shape index (κ2) is 7.16. The van der Waals surface area contributed by atoms with Gasteiger partial charge in [-0.05, 0) is 31.9 Å². The lowest BCUT2D eigenvalue weighted by atomic mass is 10.1. The third kappa shape index (κ3) is 3.78. The van der Waals surface area contributed by atoms with Gasteiger partial charge in [0.05, 0.1) is 25.3 Å². The number of halogens is 1. The lowest BCUT2D eigenvalue weighted by molar-refractivity contribution is 0.154. The molecule has 1 unspecified atom stereocenters. The quantitative estimate of drug-likeness (QED) is 0.928. The zero-order valence-corrected chi connectivity index (χ0v) is 12.8. The minimum absolute atomic E-state index is 0.173. The lowest BCUT2D eigenvalue weighted by Gasteiger charge is -2.22. The Morgan fingerprint density at radius 3 is 2.75 bits per heavy atom. The minimum Gasteiger partial charge on any atom is -0.497 e. The number of hydrogen-bond acceptors (Lipinski definition) is 4. The molecule has 1 atom stereocenters. The predicted octanol–water partition coefficient (Wildman–Crippen LogP) is 2.70. The summed E-state index contributed by atoms with van der Waals surface area (Å²) >= 11 is 6.34. The zero-order chi connectivity index (χ0) is 14.5. The molecule has 1 fully saturated rings. The molecule has 1 aliphatic heterocycles. The molecule has 0 aliphatic carbocycles. The Labute approximate surface area is 125 Å². The van der Waals surface area contributed by atoms with Crippen LogP contribution in [-0.2, 0) is 6.54 Å². The van der Waals surface area contributed by atoms with Crippen molar-refractivity contribution in [3.8, 4) is 11.5 Å². The fourth-order valence-electron chi connectivity index (χ4n) is 2.56. The first-order valence-corrected chi connectivity index (χ1v) is 7.32. The van der Waals surface area contributed by atoms with E-state index in [-0.39, 0.29) is 6.10 Å². The van der Waals surface area contributed by atoms with E-state index in [1.807, 2.05) is 12.1 Å². The molecule has 0 amide bonds. The number of hydrogen-bond donors (Lipinski definition) is 1. The Hall–Kier alpha value is -0.970. The normalized spacial score (nSPS) is 20.5. The average Bonchev–Trinajstić information content (AvgIpc) is 2.65. The highest BCUT2D eigenvalue weighted by Crippen LogP contribution is 2.33. The third-order valence-corrected chi connectivity index (χ3v) is 4.09. The first-order valence-electron chi connectivity index (χ1n) is 6.95. The zero-order valence-electron chi connectivity index (χ0n) is 12.1. The van der Waals surface area contributed by atoms with Gasteiger partial charge in [-0.1, -0.05) is 11.6 Å². The number of likely N-dealkylation sites (tertiary alicyclic amines) is 1. The van der Waals surface area contributed by atoms with Gasteiger partial charge in [-0.3, -0.25) is 4.90 Å². The van der Waals surface area contributed by atoms with Crippen LogP contribution in [0, 0.1) is 0 Å². The second-order valence-corrected chi connectivity index (χ2v) is 5.56. The summed E-state index contributed by atoms with van der Waals surface area (Å²) < 4.78 is 10.6. The van der Waals surface area contributed by atoms with E-state index in [2.05, 4.69) is 4.90 Å². The van der Waals surface area contributed by atoms with Crippen LogP contribution in [0.15, 0.2) is 12.1 Å². The van der Waals surface area contributed by atoms with Crippen LogP contribution in [0.2, 0.25) is 5.02 Å². The van der Waals surface area contributed by atoms with Crippen molar-refractivity contribution < 1.29 is 14.6 Å². The molecule has 1 heterocycles. The predicted molar refractivity (Wildman–Crippen MR) is 79.7 cm³/mol. The number of rotatable bonds is 4. The number of aliphatic hydroxyl groups excluding tert-OH is 1. The summed E-state index contributed by atoms with van der Waals surface area (Å²) in [6.45, 7) is 2.59. The fourth-order valence-corrected chi connectivity index (χ4v) is 2.82. The molecule has 5 heteroatoms. The summed E-state index contributed by atoms with van der Waals surface area (Å²) in [5.74, 6) is 1.45. The van der Waals surface area contributed by atoms with E-state index in [0.717, 1.165) is 50.2 Å². The van der Waals surface area contributed by atoms with Gasteiger partial charge in [0.2, 0.25) is 0 Å². The van der Waals surface area contributed by atoms with Gasteiger partial charge in [-0.15, -0.1) is 0 Å². The average molecular weight is 300 g/mol. The van der Waals surface area contributed by atoms with E-state index >= 15 is 0 Å². The van der Waals surface area contributed by atoms with E-state index in [1.54, 1.807) is 14.2 Å². The van der Waals surface area contributed by atoms with Crippen molar-refractivity contribution in [3.05, 3.63) is 22.7 Å². The Morgan fingerprint density at radius 2 is 2.05 bits per heavy atom. The molecule has 1 N–H and O–H groups in total. The fraction of sp³-hybridized carbons (Fsp3) is 0.600. The molecule has 1 aliphatic rings. The molecule has 1 aromatic rings. The number of ether oxygens (including phenoxy) is 2. The molecule has 112 valence electrons. The molecule has 0 bridgehead atoms. The molecule has 20 heavy (non-hydrogen) atoms. The topological polar surface area (TPSA) is 41.9 Å². The Kier molecular flexibility index (Phi) is 5.52. The summed E-state index contributed by atoms with van der Waals surface area (Å²) in [5.41, 5.74) is 0.978. The van der Waals surface area contributed by atoms with Crippen molar-refractivity contribution in [2.24, 2.45) is 0 Å². The standard InChI is InChI=1S/C15H22ClNO3/c1-19-12-8-14(16)13(15(9-12)20-2)10-17-6-3-4-11(18)5-7-17/h8-9,11,18H,3-7,10H2,1-2H3. The number of nitrogens with zero attached hydrogens (tertiary/aromatic N) is 1. The van der Waals surface area contributed by atoms with E-state index in [9.17, 15) is 5.11 Å². The van der Waals surface area contributed by atoms with Crippen molar-refractivity contribution in [3.63, 3.8) is 0 Å². The third-order valence-electron chi connectivity index (χ3n) is 3.76. The molecule has 0 aromatic heterocycles. The summed E-state index contributed by atoms with van der Waals surface area (Å²) in [5, 5.41) is 10.4. The SMILES string of the molecule is COc1cc(Cl)c(CN2CCCC(O)CC2)c(OC)c1. The van der Waals surface area contributed by atoms with Crippen LogP contribution in [0.5, 0.6) is 11.5 Å². The van der Waals surface area contributed by atoms with Crippen LogP contribution in [0.25, 0.3) is 0 Å². The van der Waals surface area contributed by atoms with Gasteiger partial charge in [0, 0.05) is 24.7 Å². The maximum atomic E-state index is 9.70. The van der Waals surface area contributed by atoms with Crippen molar-refractivity contribution in [2.45, 2.75) is 31.9 Å². The van der Waals surface area contributed by atoms with Gasteiger partial charge in [-0.2, -0.15) is 0 Å². The number of aliphatic hydroxyl groups is 1. The molecule has 2 rings (SSSR count). The molecular weight excluding hydrogens is 278 g/mol. The highest BCUT2D eigenvalue weighted by molar-refractivity contribution is 6.31. The minimum atomic E-state index is -0.173. The maximum absolute atomic E-state index is 9.70. The number of benzene rings is 1. The number of methoxy groups -OCH3 is 2. The molecule has 1 saturated heterocycles. The van der Waals surface area contributed by atoms with Crippen LogP contribution in [0.4, 0.5) is 0 Å². The van der Waals surface area contributed by atoms with Crippen LogP contribution in [0.3, 0.4) is 0 Å². The van der Waals surface area contributed by atoms with Crippen molar-refractivity contribution in [1.29, 1.82) is 0 Å². The first kappa shape index (κ1) is 15.4. The maximum Gasteiger partial charge on any atom is 0.128 e. The summed E-state index contributed by atoms with van der Waals surface area (Å²) in [7, 11) is 3.25. The van der Waals surface area contributed by atoms with Crippen molar-refractivity contribution in [2.75, 3.05) is 27.3 Å². The lowest BCUT2D eigenvalue weighted by Crippen LogP contribution is -2.25. The second-order valence-electron chi connectivity index (χ2n) is 5.15. The Bertz CT molecular complexity index is 453. The van der Waals surface area contributed by atoms with Crippen molar-refractivity contribution in [1.82, 2.24) is 4.90 Å². The van der Waals surface area contributed by atoms with E-state index in [0.29, 0.717) is 10.8 Å². The molecule has 0 spiro atoms. The summed E-state index contributed by atoms with van der Waals surface area (Å²) in [6.07, 6.45) is 2.53. The van der Waals surface area contributed by atoms with Gasteiger partial charge in [0.25, 0.3) is 0 Å². The molecule has 1 aromatic carbocycles. The van der Waals surface area contributed by atoms with E-state index in [4.69, 9.17) is 21.1 Å². The van der Waals surface area contributed by atoms with Gasteiger partial charge < -0.3 is 14.6 Å². The van der Waals surface area contributed by atoms with Crippen LogP contribution in [-0.4, -0.2) is 43.4 Å². The monoisotopic (exact) mass is 299 g/mol.